The highest BCUT2D eigenvalue weighted by Gasteiger charge is 2.31. The lowest BCUT2D eigenvalue weighted by atomic mass is 10.1. The largest absolute Gasteiger partial charge is 0.483 e. The molecule has 8 heteroatoms. The number of hydrogen-bond donors (Lipinski definition) is 2. The topological polar surface area (TPSA) is 97.8 Å². The van der Waals surface area contributed by atoms with E-state index in [1.165, 1.54) is 10.8 Å². The van der Waals surface area contributed by atoms with Gasteiger partial charge in [-0.2, -0.15) is 0 Å². The Kier molecular flexibility index (Phi) is 3.33. The third kappa shape index (κ3) is 2.21. The zero-order valence-electron chi connectivity index (χ0n) is 13.3. The first-order chi connectivity index (χ1) is 11.9. The molecule has 0 spiro atoms. The molecule has 3 heterocycles. The van der Waals surface area contributed by atoms with Crippen molar-refractivity contribution in [2.75, 3.05) is 24.6 Å². The lowest BCUT2D eigenvalue weighted by Crippen LogP contribution is -2.29. The number of carboxylic acid groups (broad SMARTS) is 1. The lowest BCUT2D eigenvalue weighted by molar-refractivity contribution is 0.0695. The fourth-order valence-corrected chi connectivity index (χ4v) is 3.46. The number of nitrogens with zero attached hydrogens (tertiary/aromatic N) is 2. The molecule has 25 heavy (non-hydrogen) atoms. The Morgan fingerprint density at radius 3 is 2.88 bits per heavy atom. The highest BCUT2D eigenvalue weighted by atomic mass is 19.1. The number of benzene rings is 1. The van der Waals surface area contributed by atoms with E-state index < -0.39 is 22.8 Å². The van der Waals surface area contributed by atoms with Gasteiger partial charge in [-0.1, -0.05) is 6.58 Å². The highest BCUT2D eigenvalue weighted by Crippen LogP contribution is 2.42. The third-order valence-electron chi connectivity index (χ3n) is 4.67. The molecule has 0 radical (unpaired) electrons. The van der Waals surface area contributed by atoms with Gasteiger partial charge in [0.2, 0.25) is 5.43 Å². The number of aromatic nitrogens is 1. The summed E-state index contributed by atoms with van der Waals surface area (Å²) in [6.07, 6.45) is 1.95. The fraction of sp³-hybridized carbons (Fsp3) is 0.294. The minimum absolute atomic E-state index is 0.0412. The molecule has 4 rings (SSSR count). The molecule has 0 aliphatic carbocycles. The van der Waals surface area contributed by atoms with Crippen LogP contribution in [0.25, 0.3) is 16.6 Å². The van der Waals surface area contributed by atoms with Gasteiger partial charge in [-0.25, -0.2) is 9.18 Å². The Hall–Kier alpha value is -2.87. The zero-order chi connectivity index (χ0) is 17.9. The van der Waals surface area contributed by atoms with Crippen LogP contribution in [-0.4, -0.2) is 41.4 Å². The molecule has 0 bridgehead atoms. The van der Waals surface area contributed by atoms with Crippen molar-refractivity contribution < 1.29 is 19.0 Å². The molecule has 3 N–H and O–H groups in total. The second kappa shape index (κ2) is 5.32. The van der Waals surface area contributed by atoms with Crippen molar-refractivity contribution in [2.45, 2.75) is 12.5 Å². The Bertz CT molecular complexity index is 998. The number of aromatic carboxylic acids is 1. The zero-order valence-corrected chi connectivity index (χ0v) is 13.3. The summed E-state index contributed by atoms with van der Waals surface area (Å²) in [4.78, 5) is 25.6. The summed E-state index contributed by atoms with van der Waals surface area (Å²) >= 11 is 0. The summed E-state index contributed by atoms with van der Waals surface area (Å²) in [6.45, 7) is 4.98. The molecule has 7 nitrogen and oxygen atoms in total. The number of carbonyl (C=O) groups is 1. The molecule has 2 aliphatic rings. The van der Waals surface area contributed by atoms with Gasteiger partial charge < -0.3 is 25.0 Å². The van der Waals surface area contributed by atoms with Gasteiger partial charge in [0.15, 0.2) is 11.6 Å². The number of ether oxygens (including phenoxy) is 1. The summed E-state index contributed by atoms with van der Waals surface area (Å²) in [6, 6.07) is 1.02. The molecule has 1 fully saturated rings. The van der Waals surface area contributed by atoms with Gasteiger partial charge >= 0.3 is 5.97 Å². The Labute approximate surface area is 141 Å². The molecule has 0 amide bonds. The van der Waals surface area contributed by atoms with Crippen molar-refractivity contribution >= 4 is 28.3 Å². The number of anilines is 1. The van der Waals surface area contributed by atoms with E-state index in [0.717, 1.165) is 12.5 Å². The van der Waals surface area contributed by atoms with E-state index in [1.54, 1.807) is 4.90 Å². The summed E-state index contributed by atoms with van der Waals surface area (Å²) in [5.74, 6) is -1.77. The molecule has 0 saturated carbocycles. The number of pyridine rings is 1. The Morgan fingerprint density at radius 2 is 2.24 bits per heavy atom. The molecule has 1 saturated heterocycles. The van der Waals surface area contributed by atoms with Gasteiger partial charge in [0.25, 0.3) is 0 Å². The van der Waals surface area contributed by atoms with Crippen molar-refractivity contribution in [3.63, 3.8) is 0 Å². The Balaban J connectivity index is 2.08. The maximum atomic E-state index is 14.8. The molecule has 130 valence electrons. The van der Waals surface area contributed by atoms with Crippen LogP contribution in [0.1, 0.15) is 16.8 Å². The molecule has 2 aliphatic heterocycles. The van der Waals surface area contributed by atoms with Crippen LogP contribution >= 0.6 is 0 Å². The molecule has 1 aromatic carbocycles. The van der Waals surface area contributed by atoms with Crippen molar-refractivity contribution in [3.8, 4) is 5.75 Å². The quantitative estimate of drug-likeness (QED) is 0.850. The standard InChI is InChI=1S/C17H16FN3O4/c1-8-7-25-16-13-10(15(22)11(17(23)24)6-21(8)13)4-12(18)14(16)20-3-2-9(19)5-20/h4,6,9H,1-3,5,7,19H2,(H,23,24). The molecule has 1 unspecified atom stereocenters. The first-order valence-electron chi connectivity index (χ1n) is 7.85. The average Bonchev–Trinajstić information content (AvgIpc) is 2.98. The van der Waals surface area contributed by atoms with E-state index in [1.807, 2.05) is 0 Å². The predicted molar refractivity (Wildman–Crippen MR) is 90.8 cm³/mol. The minimum Gasteiger partial charge on any atom is -0.483 e. The van der Waals surface area contributed by atoms with E-state index in [0.29, 0.717) is 24.3 Å². The first kappa shape index (κ1) is 15.6. The molecule has 1 atom stereocenters. The normalized spacial score (nSPS) is 19.4. The highest BCUT2D eigenvalue weighted by molar-refractivity contribution is 5.99. The van der Waals surface area contributed by atoms with Crippen molar-refractivity contribution in [1.29, 1.82) is 0 Å². The van der Waals surface area contributed by atoms with Crippen LogP contribution in [0.5, 0.6) is 5.75 Å². The van der Waals surface area contributed by atoms with Crippen LogP contribution in [0.2, 0.25) is 0 Å². The first-order valence-corrected chi connectivity index (χ1v) is 7.85. The monoisotopic (exact) mass is 345 g/mol. The number of nitrogens with two attached hydrogens (primary N) is 1. The van der Waals surface area contributed by atoms with E-state index in [-0.39, 0.29) is 29.5 Å². The maximum absolute atomic E-state index is 14.8. The third-order valence-corrected chi connectivity index (χ3v) is 4.67. The summed E-state index contributed by atoms with van der Waals surface area (Å²) < 4.78 is 22.0. The van der Waals surface area contributed by atoms with Crippen molar-refractivity contribution in [1.82, 2.24) is 4.57 Å². The SMILES string of the molecule is C=C1COc2c(N3CCC(N)C3)c(F)cc3c(=O)c(C(=O)O)cn1c23. The van der Waals surface area contributed by atoms with Gasteiger partial charge in [0.1, 0.15) is 23.4 Å². The van der Waals surface area contributed by atoms with Crippen LogP contribution in [0, 0.1) is 5.82 Å². The molecular formula is C17H16FN3O4. The fourth-order valence-electron chi connectivity index (χ4n) is 3.46. The van der Waals surface area contributed by atoms with E-state index >= 15 is 0 Å². The number of hydrogen-bond acceptors (Lipinski definition) is 5. The van der Waals surface area contributed by atoms with Gasteiger partial charge in [0.05, 0.1) is 11.1 Å². The smallest absolute Gasteiger partial charge is 0.341 e. The van der Waals surface area contributed by atoms with E-state index in [9.17, 15) is 19.1 Å². The summed E-state index contributed by atoms with van der Waals surface area (Å²) in [5.41, 5.74) is 5.80. The van der Waals surface area contributed by atoms with Gasteiger partial charge in [-0.3, -0.25) is 4.79 Å². The number of halogens is 1. The average molecular weight is 345 g/mol. The van der Waals surface area contributed by atoms with Crippen LogP contribution in [-0.2, 0) is 0 Å². The van der Waals surface area contributed by atoms with Gasteiger partial charge in [0, 0.05) is 25.3 Å². The van der Waals surface area contributed by atoms with Crippen LogP contribution < -0.4 is 20.8 Å². The predicted octanol–water partition coefficient (Wildman–Crippen LogP) is 1.24. The molecule has 2 aromatic rings. The Morgan fingerprint density at radius 1 is 1.48 bits per heavy atom. The van der Waals surface area contributed by atoms with Crippen molar-refractivity contribution in [3.05, 3.63) is 40.4 Å². The second-order valence-corrected chi connectivity index (χ2v) is 6.33. The number of rotatable bonds is 2. The summed E-state index contributed by atoms with van der Waals surface area (Å²) in [5, 5.41) is 9.21. The lowest BCUT2D eigenvalue weighted by Gasteiger charge is -2.28. The maximum Gasteiger partial charge on any atom is 0.341 e. The van der Waals surface area contributed by atoms with Gasteiger partial charge in [-0.15, -0.1) is 0 Å². The van der Waals surface area contributed by atoms with Crippen LogP contribution in [0.3, 0.4) is 0 Å². The van der Waals surface area contributed by atoms with Crippen LogP contribution in [0.15, 0.2) is 23.6 Å². The van der Waals surface area contributed by atoms with Gasteiger partial charge in [-0.05, 0) is 12.5 Å². The second-order valence-electron chi connectivity index (χ2n) is 6.33. The van der Waals surface area contributed by atoms with Crippen LogP contribution in [0.4, 0.5) is 10.1 Å². The van der Waals surface area contributed by atoms with E-state index in [2.05, 4.69) is 6.58 Å². The molecule has 1 aromatic heterocycles. The minimum atomic E-state index is -1.37. The summed E-state index contributed by atoms with van der Waals surface area (Å²) in [7, 11) is 0. The number of carboxylic acids is 1. The van der Waals surface area contributed by atoms with E-state index in [4.69, 9.17) is 10.5 Å². The van der Waals surface area contributed by atoms with Crippen molar-refractivity contribution in [2.24, 2.45) is 5.73 Å². The molecular weight excluding hydrogens is 329 g/mol.